The Morgan fingerprint density at radius 2 is 1.91 bits per heavy atom. The Morgan fingerprint density at radius 3 is 2.59 bits per heavy atom. The molecule has 1 fully saturated rings. The van der Waals surface area contributed by atoms with Gasteiger partial charge in [-0.15, -0.1) is 0 Å². The molecule has 1 aromatic heterocycles. The zero-order valence-electron chi connectivity index (χ0n) is 12.4. The summed E-state index contributed by atoms with van der Waals surface area (Å²) in [5, 5.41) is 0. The predicted octanol–water partition coefficient (Wildman–Crippen LogP) is 3.76. The Bertz CT molecular complexity index is 604. The molecule has 0 amide bonds. The number of rotatable bonds is 5. The summed E-state index contributed by atoms with van der Waals surface area (Å²) in [6, 6.07) is 10.8. The van der Waals surface area contributed by atoms with E-state index in [1.165, 1.54) is 12.8 Å². The van der Waals surface area contributed by atoms with Crippen molar-refractivity contribution in [2.75, 3.05) is 0 Å². The van der Waals surface area contributed by atoms with Crippen LogP contribution < -0.4 is 4.74 Å². The fourth-order valence-corrected chi connectivity index (χ4v) is 2.58. The predicted molar refractivity (Wildman–Crippen MR) is 82.7 cm³/mol. The summed E-state index contributed by atoms with van der Waals surface area (Å²) < 4.78 is 11.1. The number of esters is 1. The van der Waals surface area contributed by atoms with Crippen molar-refractivity contribution in [3.8, 4) is 5.75 Å². The second kappa shape index (κ2) is 7.07. The molecule has 0 atom stereocenters. The van der Waals surface area contributed by atoms with Crippen molar-refractivity contribution in [2.45, 2.75) is 38.4 Å². The summed E-state index contributed by atoms with van der Waals surface area (Å²) in [4.78, 5) is 16.0. The number of carbonyl (C=O) groups is 1. The Labute approximate surface area is 130 Å². The van der Waals surface area contributed by atoms with Crippen LogP contribution in [0.3, 0.4) is 0 Å². The number of hydrogen-bond acceptors (Lipinski definition) is 4. The van der Waals surface area contributed by atoms with E-state index >= 15 is 0 Å². The molecule has 22 heavy (non-hydrogen) atoms. The Balaban J connectivity index is 1.54. The van der Waals surface area contributed by atoms with Gasteiger partial charge in [0.05, 0.1) is 11.7 Å². The highest BCUT2D eigenvalue weighted by molar-refractivity contribution is 5.89. The molecule has 1 aromatic carbocycles. The molecule has 0 saturated heterocycles. The maximum Gasteiger partial charge on any atom is 0.338 e. The molecule has 0 spiro atoms. The molecule has 0 unspecified atom stereocenters. The molecule has 1 saturated carbocycles. The first-order valence-corrected chi connectivity index (χ1v) is 7.64. The maximum absolute atomic E-state index is 12.0. The number of benzene rings is 1. The highest BCUT2D eigenvalue weighted by Crippen LogP contribution is 2.24. The summed E-state index contributed by atoms with van der Waals surface area (Å²) in [6.45, 7) is 0.229. The summed E-state index contributed by atoms with van der Waals surface area (Å²) >= 11 is 0. The number of nitrogens with zero attached hydrogens (tertiary/aromatic N) is 1. The van der Waals surface area contributed by atoms with E-state index < -0.39 is 0 Å². The lowest BCUT2D eigenvalue weighted by Crippen LogP contribution is -2.11. The molecule has 4 heteroatoms. The van der Waals surface area contributed by atoms with Crippen molar-refractivity contribution in [2.24, 2.45) is 0 Å². The molecular weight excluding hydrogens is 278 g/mol. The van der Waals surface area contributed by atoms with E-state index in [1.807, 2.05) is 24.3 Å². The molecular formula is C18H19NO3. The molecule has 0 N–H and O–H groups in total. The molecule has 0 aliphatic heterocycles. The van der Waals surface area contributed by atoms with Gasteiger partial charge in [-0.25, -0.2) is 4.79 Å². The van der Waals surface area contributed by atoms with Crippen LogP contribution in [0.2, 0.25) is 0 Å². The number of aromatic nitrogens is 1. The third kappa shape index (κ3) is 3.85. The largest absolute Gasteiger partial charge is 0.490 e. The van der Waals surface area contributed by atoms with Crippen LogP contribution in [-0.4, -0.2) is 17.1 Å². The normalized spacial score (nSPS) is 14.7. The van der Waals surface area contributed by atoms with E-state index in [9.17, 15) is 4.79 Å². The monoisotopic (exact) mass is 297 g/mol. The fourth-order valence-electron chi connectivity index (χ4n) is 2.58. The first-order valence-electron chi connectivity index (χ1n) is 7.64. The van der Waals surface area contributed by atoms with Gasteiger partial charge in [0.15, 0.2) is 0 Å². The van der Waals surface area contributed by atoms with Gasteiger partial charge in [0.1, 0.15) is 12.4 Å². The highest BCUT2D eigenvalue weighted by Gasteiger charge is 2.16. The first-order chi connectivity index (χ1) is 10.8. The molecule has 0 bridgehead atoms. The lowest BCUT2D eigenvalue weighted by molar-refractivity contribution is 0.0472. The van der Waals surface area contributed by atoms with Crippen LogP contribution in [0.4, 0.5) is 0 Å². The molecule has 1 aliphatic carbocycles. The maximum atomic E-state index is 12.0. The van der Waals surface area contributed by atoms with E-state index in [-0.39, 0.29) is 12.6 Å². The molecule has 114 valence electrons. The SMILES string of the molecule is O=C(OCc1cccnc1)c1ccc(OC2CCCC2)cc1. The van der Waals surface area contributed by atoms with Crippen molar-refractivity contribution >= 4 is 5.97 Å². The van der Waals surface area contributed by atoms with E-state index in [0.717, 1.165) is 24.2 Å². The fraction of sp³-hybridized carbons (Fsp3) is 0.333. The van der Waals surface area contributed by atoms with Crippen LogP contribution >= 0.6 is 0 Å². The molecule has 4 nitrogen and oxygen atoms in total. The van der Waals surface area contributed by atoms with Crippen molar-refractivity contribution in [3.63, 3.8) is 0 Å². The molecule has 0 radical (unpaired) electrons. The summed E-state index contributed by atoms with van der Waals surface area (Å²) in [5.41, 5.74) is 1.40. The number of ether oxygens (including phenoxy) is 2. The van der Waals surface area contributed by atoms with Gasteiger partial charge in [0.2, 0.25) is 0 Å². The first kappa shape index (κ1) is 14.6. The van der Waals surface area contributed by atoms with Crippen LogP contribution in [0.5, 0.6) is 5.75 Å². The van der Waals surface area contributed by atoms with Crippen LogP contribution in [0, 0.1) is 0 Å². The second-order valence-electron chi connectivity index (χ2n) is 5.49. The standard InChI is InChI=1S/C18H19NO3/c20-18(21-13-14-4-3-11-19-12-14)15-7-9-17(10-8-15)22-16-5-1-2-6-16/h3-4,7-12,16H,1-2,5-6,13H2. The smallest absolute Gasteiger partial charge is 0.338 e. The van der Waals surface area contributed by atoms with Gasteiger partial charge in [-0.05, 0) is 56.0 Å². The molecule has 1 aliphatic rings. The van der Waals surface area contributed by atoms with Gasteiger partial charge < -0.3 is 9.47 Å². The molecule has 2 aromatic rings. The quantitative estimate of drug-likeness (QED) is 0.788. The third-order valence-electron chi connectivity index (χ3n) is 3.79. The van der Waals surface area contributed by atoms with Gasteiger partial charge in [-0.3, -0.25) is 4.98 Å². The number of pyridine rings is 1. The summed E-state index contributed by atoms with van der Waals surface area (Å²) in [5.74, 6) is 0.479. The number of carbonyl (C=O) groups excluding carboxylic acids is 1. The zero-order valence-corrected chi connectivity index (χ0v) is 12.4. The van der Waals surface area contributed by atoms with Crippen molar-refractivity contribution in [1.29, 1.82) is 0 Å². The Hall–Kier alpha value is -2.36. The Morgan fingerprint density at radius 1 is 1.14 bits per heavy atom. The van der Waals surface area contributed by atoms with E-state index in [1.54, 1.807) is 24.5 Å². The van der Waals surface area contributed by atoms with E-state index in [0.29, 0.717) is 11.7 Å². The van der Waals surface area contributed by atoms with Crippen molar-refractivity contribution in [3.05, 3.63) is 59.9 Å². The van der Waals surface area contributed by atoms with Crippen LogP contribution in [0.15, 0.2) is 48.8 Å². The lowest BCUT2D eigenvalue weighted by atomic mass is 10.2. The van der Waals surface area contributed by atoms with Crippen LogP contribution in [0.1, 0.15) is 41.6 Å². The van der Waals surface area contributed by atoms with Gasteiger partial charge in [-0.1, -0.05) is 6.07 Å². The average Bonchev–Trinajstić information content (AvgIpc) is 3.07. The second-order valence-corrected chi connectivity index (χ2v) is 5.49. The van der Waals surface area contributed by atoms with E-state index in [4.69, 9.17) is 9.47 Å². The zero-order chi connectivity index (χ0) is 15.2. The van der Waals surface area contributed by atoms with Gasteiger partial charge in [0, 0.05) is 18.0 Å². The molecule has 1 heterocycles. The van der Waals surface area contributed by atoms with Gasteiger partial charge in [0.25, 0.3) is 0 Å². The lowest BCUT2D eigenvalue weighted by Gasteiger charge is -2.13. The topological polar surface area (TPSA) is 48.4 Å². The minimum absolute atomic E-state index is 0.229. The van der Waals surface area contributed by atoms with E-state index in [2.05, 4.69) is 4.98 Å². The third-order valence-corrected chi connectivity index (χ3v) is 3.79. The highest BCUT2D eigenvalue weighted by atomic mass is 16.5. The minimum Gasteiger partial charge on any atom is -0.490 e. The summed E-state index contributed by atoms with van der Waals surface area (Å²) in [7, 11) is 0. The average molecular weight is 297 g/mol. The summed E-state index contributed by atoms with van der Waals surface area (Å²) in [6.07, 6.45) is 8.42. The Kier molecular flexibility index (Phi) is 4.68. The molecule has 3 rings (SSSR count). The van der Waals surface area contributed by atoms with Crippen LogP contribution in [0.25, 0.3) is 0 Å². The van der Waals surface area contributed by atoms with Crippen molar-refractivity contribution < 1.29 is 14.3 Å². The van der Waals surface area contributed by atoms with Gasteiger partial charge in [-0.2, -0.15) is 0 Å². The minimum atomic E-state index is -0.337. The van der Waals surface area contributed by atoms with Gasteiger partial charge >= 0.3 is 5.97 Å². The van der Waals surface area contributed by atoms with Crippen LogP contribution in [-0.2, 0) is 11.3 Å². The number of hydrogen-bond donors (Lipinski definition) is 0. The van der Waals surface area contributed by atoms with Crippen molar-refractivity contribution in [1.82, 2.24) is 4.98 Å².